The molecule has 3 atom stereocenters. The summed E-state index contributed by atoms with van der Waals surface area (Å²) in [5.41, 5.74) is -0.215. The molecule has 25 heavy (non-hydrogen) atoms. The molecule has 0 heterocycles. The minimum Gasteiger partial charge on any atom is -0.380 e. The molecule has 2 aromatic carbocycles. The number of hydrogen-bond donors (Lipinski definition) is 0. The number of rotatable bonds is 6. The maximum Gasteiger partial charge on any atom is 0.183 e. The lowest BCUT2D eigenvalue weighted by Gasteiger charge is -2.09. The van der Waals surface area contributed by atoms with Gasteiger partial charge >= 0.3 is 0 Å². The number of sulfone groups is 1. The van der Waals surface area contributed by atoms with Crippen LogP contribution in [0.1, 0.15) is 18.4 Å². The Labute approximate surface area is 156 Å². The second kappa shape index (κ2) is 6.91. The first kappa shape index (κ1) is 18.1. The van der Waals surface area contributed by atoms with Crippen LogP contribution in [0.4, 0.5) is 0 Å². The number of nitriles is 1. The van der Waals surface area contributed by atoms with Crippen molar-refractivity contribution >= 4 is 25.8 Å². The Morgan fingerprint density at radius 2 is 1.80 bits per heavy atom. The highest BCUT2D eigenvalue weighted by atomic mass is 79.9. The summed E-state index contributed by atoms with van der Waals surface area (Å²) in [4.78, 5) is 0.246. The lowest BCUT2D eigenvalue weighted by atomic mass is 10.0. The van der Waals surface area contributed by atoms with Gasteiger partial charge in [-0.15, -0.1) is 0 Å². The van der Waals surface area contributed by atoms with E-state index >= 15 is 0 Å². The predicted molar refractivity (Wildman–Crippen MR) is 98.8 cm³/mol. The molecule has 0 unspecified atom stereocenters. The van der Waals surface area contributed by atoms with Crippen molar-refractivity contribution in [2.45, 2.75) is 23.0 Å². The Morgan fingerprint density at radius 1 is 1.16 bits per heavy atom. The monoisotopic (exact) mass is 419 g/mol. The molecule has 1 fully saturated rings. The molecule has 1 aliphatic rings. The van der Waals surface area contributed by atoms with E-state index in [1.165, 1.54) is 0 Å². The largest absolute Gasteiger partial charge is 0.380 e. The molecule has 6 heteroatoms. The van der Waals surface area contributed by atoms with Crippen LogP contribution in [-0.4, -0.2) is 26.9 Å². The third-order valence-electron chi connectivity index (χ3n) is 4.64. The van der Waals surface area contributed by atoms with Gasteiger partial charge in [0, 0.05) is 17.0 Å². The van der Waals surface area contributed by atoms with Gasteiger partial charge < -0.3 is 4.74 Å². The molecule has 0 amide bonds. The quantitative estimate of drug-likeness (QED) is 0.710. The van der Waals surface area contributed by atoms with Crippen molar-refractivity contribution < 1.29 is 13.2 Å². The molecule has 0 radical (unpaired) electrons. The maximum atomic E-state index is 13.2. The van der Waals surface area contributed by atoms with Crippen LogP contribution in [0.15, 0.2) is 64.0 Å². The lowest BCUT2D eigenvalue weighted by molar-refractivity contribution is 0.117. The number of ether oxygens (including phenoxy) is 1. The summed E-state index contributed by atoms with van der Waals surface area (Å²) in [6.07, 6.45) is 0. The van der Waals surface area contributed by atoms with Gasteiger partial charge in [-0.3, -0.25) is 0 Å². The van der Waals surface area contributed by atoms with Crippen molar-refractivity contribution in [1.82, 2.24) is 0 Å². The van der Waals surface area contributed by atoms with E-state index in [4.69, 9.17) is 4.74 Å². The first-order chi connectivity index (χ1) is 12.0. The maximum absolute atomic E-state index is 13.2. The molecule has 1 aliphatic carbocycles. The van der Waals surface area contributed by atoms with Crippen LogP contribution in [0.25, 0.3) is 0 Å². The van der Waals surface area contributed by atoms with Crippen molar-refractivity contribution in [3.8, 4) is 6.07 Å². The molecule has 0 saturated heterocycles. The molecule has 130 valence electrons. The van der Waals surface area contributed by atoms with E-state index in [1.54, 1.807) is 30.3 Å². The first-order valence-electron chi connectivity index (χ1n) is 8.01. The van der Waals surface area contributed by atoms with Gasteiger partial charge in [0.1, 0.15) is 5.41 Å². The molecule has 4 nitrogen and oxygen atoms in total. The summed E-state index contributed by atoms with van der Waals surface area (Å²) < 4.78 is 32.7. The van der Waals surface area contributed by atoms with Crippen LogP contribution >= 0.6 is 15.9 Å². The summed E-state index contributed by atoms with van der Waals surface area (Å²) in [5.74, 6) is -0.401. The summed E-state index contributed by atoms with van der Waals surface area (Å²) in [6.45, 7) is 2.38. The first-order valence-corrected chi connectivity index (χ1v) is 10.3. The molecule has 0 spiro atoms. The summed E-state index contributed by atoms with van der Waals surface area (Å²) >= 11 is 3.39. The Kier molecular flexibility index (Phi) is 5.01. The summed E-state index contributed by atoms with van der Waals surface area (Å²) in [7, 11) is -3.64. The van der Waals surface area contributed by atoms with Crippen molar-refractivity contribution in [1.29, 1.82) is 5.26 Å². The minimum atomic E-state index is -3.64. The number of nitrogens with zero attached hydrogens (tertiary/aromatic N) is 1. The molecule has 3 rings (SSSR count). The van der Waals surface area contributed by atoms with Crippen LogP contribution in [0, 0.1) is 16.7 Å². The zero-order valence-corrected chi connectivity index (χ0v) is 16.1. The molecular weight excluding hydrogens is 402 g/mol. The molecule has 0 aromatic heterocycles. The molecule has 1 saturated carbocycles. The third-order valence-corrected chi connectivity index (χ3v) is 7.46. The Hall–Kier alpha value is -1.68. The van der Waals surface area contributed by atoms with Gasteiger partial charge in [-0.2, -0.15) is 5.26 Å². The Morgan fingerprint density at radius 3 is 2.36 bits per heavy atom. The van der Waals surface area contributed by atoms with Crippen molar-refractivity contribution in [3.05, 3.63) is 64.6 Å². The second-order valence-electron chi connectivity index (χ2n) is 6.10. The van der Waals surface area contributed by atoms with Gasteiger partial charge in [0.05, 0.1) is 22.8 Å². The fraction of sp³-hybridized carbons (Fsp3) is 0.316. The van der Waals surface area contributed by atoms with E-state index in [0.29, 0.717) is 6.61 Å². The van der Waals surface area contributed by atoms with E-state index in [-0.39, 0.29) is 11.5 Å². The van der Waals surface area contributed by atoms with Crippen LogP contribution in [0.3, 0.4) is 0 Å². The lowest BCUT2D eigenvalue weighted by Crippen LogP contribution is -2.19. The van der Waals surface area contributed by atoms with Gasteiger partial charge in [-0.1, -0.05) is 46.3 Å². The van der Waals surface area contributed by atoms with Gasteiger partial charge in [0.25, 0.3) is 0 Å². The molecular formula is C19H18BrNO3S. The topological polar surface area (TPSA) is 67.2 Å². The van der Waals surface area contributed by atoms with E-state index in [0.717, 1.165) is 10.0 Å². The minimum absolute atomic E-state index is 0.109. The third kappa shape index (κ3) is 3.12. The van der Waals surface area contributed by atoms with Gasteiger partial charge in [0.2, 0.25) is 0 Å². The van der Waals surface area contributed by atoms with Crippen molar-refractivity contribution in [2.24, 2.45) is 5.41 Å². The van der Waals surface area contributed by atoms with E-state index < -0.39 is 26.4 Å². The predicted octanol–water partition coefficient (Wildman–Crippen LogP) is 3.94. The average Bonchev–Trinajstić information content (AvgIpc) is 3.31. The molecule has 0 bridgehead atoms. The van der Waals surface area contributed by atoms with Crippen LogP contribution in [-0.2, 0) is 14.6 Å². The highest BCUT2D eigenvalue weighted by molar-refractivity contribution is 9.10. The Bertz CT molecular complexity index is 891. The molecule has 2 aromatic rings. The van der Waals surface area contributed by atoms with Crippen molar-refractivity contribution in [2.75, 3.05) is 13.2 Å². The number of benzene rings is 2. The zero-order chi connectivity index (χ0) is 18.1. The highest BCUT2D eigenvalue weighted by Crippen LogP contribution is 2.63. The van der Waals surface area contributed by atoms with E-state index in [1.807, 2.05) is 31.2 Å². The van der Waals surface area contributed by atoms with Gasteiger partial charge in [-0.25, -0.2) is 8.42 Å². The Balaban J connectivity index is 2.06. The SMILES string of the molecule is CCOC[C@@]1(C#N)[C@H](c2ccc(Br)cc2)[C@@H]1S(=O)(=O)c1ccccc1. The zero-order valence-electron chi connectivity index (χ0n) is 13.7. The molecule has 0 aliphatic heterocycles. The van der Waals surface area contributed by atoms with E-state index in [2.05, 4.69) is 22.0 Å². The number of hydrogen-bond acceptors (Lipinski definition) is 4. The smallest absolute Gasteiger partial charge is 0.183 e. The summed E-state index contributed by atoms with van der Waals surface area (Å²) in [5, 5.41) is 9.04. The van der Waals surface area contributed by atoms with Gasteiger partial charge in [-0.05, 0) is 36.8 Å². The van der Waals surface area contributed by atoms with Crippen LogP contribution in [0.2, 0.25) is 0 Å². The second-order valence-corrected chi connectivity index (χ2v) is 9.08. The normalized spacial score (nSPS) is 25.3. The highest BCUT2D eigenvalue weighted by Gasteiger charge is 2.72. The van der Waals surface area contributed by atoms with Crippen molar-refractivity contribution in [3.63, 3.8) is 0 Å². The molecule has 0 N–H and O–H groups in total. The van der Waals surface area contributed by atoms with Crippen LogP contribution in [0.5, 0.6) is 0 Å². The van der Waals surface area contributed by atoms with Gasteiger partial charge in [0.15, 0.2) is 9.84 Å². The average molecular weight is 420 g/mol. The summed E-state index contributed by atoms with van der Waals surface area (Å²) in [6, 6.07) is 18.0. The van der Waals surface area contributed by atoms with Crippen LogP contribution < -0.4 is 0 Å². The fourth-order valence-corrected chi connectivity index (χ4v) is 5.96. The number of halogens is 1. The van der Waals surface area contributed by atoms with E-state index in [9.17, 15) is 13.7 Å². The standard InChI is InChI=1S/C19H18BrNO3S/c1-2-24-13-19(12-21)17(14-8-10-15(20)11-9-14)18(19)25(22,23)16-6-4-3-5-7-16/h3-11,17-18H,2,13H2,1H3/t17-,18+,19+/m1/s1. The fourth-order valence-electron chi connectivity index (χ4n) is 3.37.